The van der Waals surface area contributed by atoms with E-state index in [1.54, 1.807) is 6.21 Å². The average molecular weight is 318 g/mol. The smallest absolute Gasteiger partial charge is 0.137 e. The highest BCUT2D eigenvalue weighted by Gasteiger charge is 2.04. The van der Waals surface area contributed by atoms with E-state index in [2.05, 4.69) is 17.3 Å². The van der Waals surface area contributed by atoms with Crippen LogP contribution in [0.5, 0.6) is 5.75 Å². The Hall–Kier alpha value is -2.00. The van der Waals surface area contributed by atoms with Gasteiger partial charge < -0.3 is 9.57 Å². The van der Waals surface area contributed by atoms with E-state index in [0.717, 1.165) is 6.42 Å². The second kappa shape index (κ2) is 9.11. The summed E-state index contributed by atoms with van der Waals surface area (Å²) in [7, 11) is 0. The van der Waals surface area contributed by atoms with Gasteiger partial charge in [-0.3, -0.25) is 0 Å². The van der Waals surface area contributed by atoms with Gasteiger partial charge in [0.2, 0.25) is 0 Å². The maximum Gasteiger partial charge on any atom is 0.137 e. The first-order valence-corrected chi connectivity index (χ1v) is 7.76. The van der Waals surface area contributed by atoms with Crippen molar-refractivity contribution in [1.82, 2.24) is 0 Å². The predicted octanol–water partition coefficient (Wildman–Crippen LogP) is 4.72. The van der Waals surface area contributed by atoms with E-state index in [9.17, 15) is 0 Å². The van der Waals surface area contributed by atoms with Crippen molar-refractivity contribution in [1.29, 1.82) is 0 Å². The van der Waals surface area contributed by atoms with Crippen molar-refractivity contribution in [3.63, 3.8) is 0 Å². The van der Waals surface area contributed by atoms with Gasteiger partial charge in [0.15, 0.2) is 0 Å². The molecule has 0 bridgehead atoms. The van der Waals surface area contributed by atoms with Crippen LogP contribution in [-0.4, -0.2) is 19.4 Å². The third-order valence-corrected chi connectivity index (χ3v) is 3.33. The van der Waals surface area contributed by atoms with Gasteiger partial charge in [-0.15, -0.1) is 0 Å². The zero-order valence-corrected chi connectivity index (χ0v) is 13.4. The predicted molar refractivity (Wildman–Crippen MR) is 90.9 cm³/mol. The molecule has 2 aromatic carbocycles. The summed E-state index contributed by atoms with van der Waals surface area (Å²) in [5.74, 6) is 0.697. The minimum Gasteiger partial charge on any atom is -0.492 e. The lowest BCUT2D eigenvalue weighted by Gasteiger charge is -2.09. The molecule has 3 nitrogen and oxygen atoms in total. The fourth-order valence-electron chi connectivity index (χ4n) is 2.00. The van der Waals surface area contributed by atoms with E-state index in [1.807, 2.05) is 43.3 Å². The summed E-state index contributed by atoms with van der Waals surface area (Å²) in [4.78, 5) is 4.87. The molecule has 0 N–H and O–H groups in total. The van der Waals surface area contributed by atoms with Gasteiger partial charge in [0, 0.05) is 12.6 Å². The van der Waals surface area contributed by atoms with Crippen LogP contribution >= 0.6 is 11.6 Å². The molecule has 0 radical (unpaired) electrons. The molecule has 2 aromatic rings. The highest BCUT2D eigenvalue weighted by molar-refractivity contribution is 6.32. The molecule has 0 aliphatic carbocycles. The maximum absolute atomic E-state index is 6.27. The molecular formula is C18H20ClNO2. The maximum atomic E-state index is 6.27. The SMILES string of the molecule is CCON=CCCOc1ccc(Cc2ccccc2)cc1Cl. The lowest BCUT2D eigenvalue weighted by molar-refractivity contribution is 0.159. The molecular weight excluding hydrogens is 298 g/mol. The summed E-state index contributed by atoms with van der Waals surface area (Å²) in [6, 6.07) is 16.2. The summed E-state index contributed by atoms with van der Waals surface area (Å²) < 4.78 is 5.64. The van der Waals surface area contributed by atoms with Crippen LogP contribution in [0.3, 0.4) is 0 Å². The second-order valence-corrected chi connectivity index (χ2v) is 5.18. The Bertz CT molecular complexity index is 599. The third-order valence-electron chi connectivity index (χ3n) is 3.03. The van der Waals surface area contributed by atoms with Crippen molar-refractivity contribution in [2.45, 2.75) is 19.8 Å². The quantitative estimate of drug-likeness (QED) is 0.400. The van der Waals surface area contributed by atoms with Crippen molar-refractivity contribution >= 4 is 17.8 Å². The van der Waals surface area contributed by atoms with E-state index < -0.39 is 0 Å². The molecule has 0 saturated carbocycles. The largest absolute Gasteiger partial charge is 0.492 e. The van der Waals surface area contributed by atoms with Crippen LogP contribution in [0.2, 0.25) is 5.02 Å². The minimum atomic E-state index is 0.522. The summed E-state index contributed by atoms with van der Waals surface area (Å²) in [6.07, 6.45) is 3.24. The molecule has 0 saturated heterocycles. The van der Waals surface area contributed by atoms with Gasteiger partial charge in [0.1, 0.15) is 12.4 Å². The van der Waals surface area contributed by atoms with E-state index in [1.165, 1.54) is 11.1 Å². The number of hydrogen-bond donors (Lipinski definition) is 0. The Morgan fingerprint density at radius 1 is 1.09 bits per heavy atom. The van der Waals surface area contributed by atoms with Crippen LogP contribution in [0, 0.1) is 0 Å². The van der Waals surface area contributed by atoms with Gasteiger partial charge in [-0.25, -0.2) is 0 Å². The van der Waals surface area contributed by atoms with Gasteiger partial charge in [-0.05, 0) is 36.6 Å². The molecule has 0 heterocycles. The number of rotatable bonds is 8. The molecule has 22 heavy (non-hydrogen) atoms. The number of halogens is 1. The van der Waals surface area contributed by atoms with Gasteiger partial charge in [0.25, 0.3) is 0 Å². The number of nitrogens with zero attached hydrogens (tertiary/aromatic N) is 1. The van der Waals surface area contributed by atoms with Crippen molar-refractivity contribution < 1.29 is 9.57 Å². The zero-order valence-electron chi connectivity index (χ0n) is 12.7. The van der Waals surface area contributed by atoms with E-state index in [-0.39, 0.29) is 0 Å². The van der Waals surface area contributed by atoms with Crippen molar-refractivity contribution in [2.75, 3.05) is 13.2 Å². The molecule has 0 aliphatic rings. The van der Waals surface area contributed by atoms with E-state index in [4.69, 9.17) is 21.2 Å². The normalized spacial score (nSPS) is 10.8. The fourth-order valence-corrected chi connectivity index (χ4v) is 2.26. The summed E-state index contributed by atoms with van der Waals surface area (Å²) in [5, 5.41) is 4.40. The fraction of sp³-hybridized carbons (Fsp3) is 0.278. The van der Waals surface area contributed by atoms with E-state index in [0.29, 0.717) is 30.4 Å². The number of oxime groups is 1. The van der Waals surface area contributed by atoms with Crippen LogP contribution in [0.15, 0.2) is 53.7 Å². The molecule has 0 amide bonds. The van der Waals surface area contributed by atoms with Gasteiger partial charge in [-0.1, -0.05) is 53.2 Å². The first-order chi connectivity index (χ1) is 10.8. The van der Waals surface area contributed by atoms with Crippen molar-refractivity contribution in [3.8, 4) is 5.75 Å². The Balaban J connectivity index is 1.87. The molecule has 0 aliphatic heterocycles. The monoisotopic (exact) mass is 317 g/mol. The van der Waals surface area contributed by atoms with Crippen LogP contribution in [0.1, 0.15) is 24.5 Å². The average Bonchev–Trinajstić information content (AvgIpc) is 2.53. The summed E-state index contributed by atoms with van der Waals surface area (Å²) >= 11 is 6.27. The topological polar surface area (TPSA) is 30.8 Å². The minimum absolute atomic E-state index is 0.522. The number of ether oxygens (including phenoxy) is 1. The van der Waals surface area contributed by atoms with Gasteiger partial charge in [-0.2, -0.15) is 0 Å². The first kappa shape index (κ1) is 16.4. The highest BCUT2D eigenvalue weighted by atomic mass is 35.5. The Morgan fingerprint density at radius 2 is 1.91 bits per heavy atom. The number of benzene rings is 2. The molecule has 116 valence electrons. The van der Waals surface area contributed by atoms with Crippen LogP contribution in [0.25, 0.3) is 0 Å². The van der Waals surface area contributed by atoms with Gasteiger partial charge in [0.05, 0.1) is 11.6 Å². The Kier molecular flexibility index (Phi) is 6.78. The van der Waals surface area contributed by atoms with Crippen LogP contribution in [0.4, 0.5) is 0 Å². The lowest BCUT2D eigenvalue weighted by atomic mass is 10.1. The molecule has 0 spiro atoms. The summed E-state index contributed by atoms with van der Waals surface area (Å²) in [6.45, 7) is 2.99. The molecule has 0 fully saturated rings. The standard InChI is InChI=1S/C18H20ClNO2/c1-2-22-20-11-6-12-21-18-10-9-16(14-17(18)19)13-15-7-4-3-5-8-15/h3-5,7-11,14H,2,6,12-13H2,1H3. The van der Waals surface area contributed by atoms with Crippen molar-refractivity contribution in [2.24, 2.45) is 5.16 Å². The lowest BCUT2D eigenvalue weighted by Crippen LogP contribution is -1.99. The Labute approximate surface area is 136 Å². The van der Waals surface area contributed by atoms with Gasteiger partial charge >= 0.3 is 0 Å². The molecule has 2 rings (SSSR count). The van der Waals surface area contributed by atoms with Crippen LogP contribution in [-0.2, 0) is 11.3 Å². The Morgan fingerprint density at radius 3 is 2.64 bits per heavy atom. The first-order valence-electron chi connectivity index (χ1n) is 7.38. The molecule has 0 unspecified atom stereocenters. The summed E-state index contributed by atoms with van der Waals surface area (Å²) in [5.41, 5.74) is 2.43. The number of hydrogen-bond acceptors (Lipinski definition) is 3. The molecule has 4 heteroatoms. The second-order valence-electron chi connectivity index (χ2n) is 4.77. The highest BCUT2D eigenvalue weighted by Crippen LogP contribution is 2.26. The third kappa shape index (κ3) is 5.41. The van der Waals surface area contributed by atoms with Crippen LogP contribution < -0.4 is 4.74 Å². The molecule has 0 aromatic heterocycles. The zero-order chi connectivity index (χ0) is 15.6. The van der Waals surface area contributed by atoms with E-state index >= 15 is 0 Å². The van der Waals surface area contributed by atoms with Crippen molar-refractivity contribution in [3.05, 3.63) is 64.7 Å². The molecule has 0 atom stereocenters.